The lowest BCUT2D eigenvalue weighted by Crippen LogP contribution is -2.24. The highest BCUT2D eigenvalue weighted by Gasteiger charge is 2.25. The maximum atomic E-state index is 4.43. The van der Waals surface area contributed by atoms with Crippen molar-refractivity contribution in [3.63, 3.8) is 0 Å². The normalized spacial score (nSPS) is 13.0. The van der Waals surface area contributed by atoms with Crippen LogP contribution in [0.15, 0.2) is 117 Å². The highest BCUT2D eigenvalue weighted by molar-refractivity contribution is 5.94. The van der Waals surface area contributed by atoms with E-state index in [1.807, 2.05) is 29.3 Å². The Balaban J connectivity index is 0.000000142. The highest BCUT2D eigenvalue weighted by Crippen LogP contribution is 2.47. The number of hydrogen-bond acceptors (Lipinski definition) is 5. The van der Waals surface area contributed by atoms with Gasteiger partial charge in [-0.2, -0.15) is 0 Å². The largest absolute Gasteiger partial charge is 0.341 e. The fourth-order valence-electron chi connectivity index (χ4n) is 4.58. The molecule has 2 aliphatic heterocycles. The van der Waals surface area contributed by atoms with Gasteiger partial charge in [0.15, 0.2) is 5.82 Å². The van der Waals surface area contributed by atoms with Crippen LogP contribution in [0.4, 0.5) is 45.6 Å². The van der Waals surface area contributed by atoms with Gasteiger partial charge >= 0.3 is 0 Å². The van der Waals surface area contributed by atoms with Gasteiger partial charge in [-0.1, -0.05) is 49.6 Å². The van der Waals surface area contributed by atoms with Gasteiger partial charge in [0, 0.05) is 32.7 Å². The molecule has 6 rings (SSSR count). The number of rotatable bonds is 2. The maximum Gasteiger partial charge on any atom is 0.161 e. The Morgan fingerprint density at radius 3 is 1.38 bits per heavy atom. The third-order valence-corrected chi connectivity index (χ3v) is 6.23. The molecular formula is C29H27N5. The van der Waals surface area contributed by atoms with E-state index in [4.69, 9.17) is 0 Å². The molecule has 4 aromatic rings. The molecule has 0 aliphatic carbocycles. The number of hydrogen-bond donors (Lipinski definition) is 0. The molecule has 5 heteroatoms. The number of benzene rings is 3. The van der Waals surface area contributed by atoms with Gasteiger partial charge in [0.2, 0.25) is 0 Å². The number of pyridine rings is 1. The molecule has 0 N–H and O–H groups in total. The molecule has 0 saturated carbocycles. The summed E-state index contributed by atoms with van der Waals surface area (Å²) in [6.07, 6.45) is 5.47. The van der Waals surface area contributed by atoms with Crippen LogP contribution in [0, 0.1) is 0 Å². The predicted octanol–water partition coefficient (Wildman–Crippen LogP) is 7.49. The third-order valence-electron chi connectivity index (χ3n) is 6.23. The summed E-state index contributed by atoms with van der Waals surface area (Å²) in [6.45, 7) is 7.79. The van der Waals surface area contributed by atoms with E-state index in [0.29, 0.717) is 0 Å². The van der Waals surface area contributed by atoms with Crippen LogP contribution in [0.1, 0.15) is 0 Å². The van der Waals surface area contributed by atoms with Crippen molar-refractivity contribution in [2.75, 3.05) is 33.7 Å². The van der Waals surface area contributed by atoms with Crippen LogP contribution in [-0.2, 0) is 0 Å². The standard InChI is InChI=1S/C15H14N2.C14H13N3/c1-3-17-14-10-6-4-8-12(14)16(2)13-9-5-7-11-15(13)17;1-3-17-12-8-5-4-7-11(12)16(2)13-9-6-10-15-14(13)17/h3-11H,1H2,2H3;3-10H,1H2,2H3. The molecule has 1 aromatic heterocycles. The minimum absolute atomic E-state index is 0.920. The van der Waals surface area contributed by atoms with Crippen molar-refractivity contribution in [1.82, 2.24) is 4.98 Å². The van der Waals surface area contributed by atoms with E-state index in [-0.39, 0.29) is 0 Å². The van der Waals surface area contributed by atoms with Gasteiger partial charge in [-0.25, -0.2) is 4.98 Å². The summed E-state index contributed by atoms with van der Waals surface area (Å²) in [4.78, 5) is 12.9. The quantitative estimate of drug-likeness (QED) is 0.318. The summed E-state index contributed by atoms with van der Waals surface area (Å²) >= 11 is 0. The van der Waals surface area contributed by atoms with E-state index in [1.165, 1.54) is 22.7 Å². The second-order valence-electron chi connectivity index (χ2n) is 8.04. The molecule has 0 fully saturated rings. The number of para-hydroxylation sites is 6. The minimum Gasteiger partial charge on any atom is -0.341 e. The zero-order valence-electron chi connectivity index (χ0n) is 19.5. The SMILES string of the molecule is C=CN1c2ccccc2N(C)c2ccccc21.C=CN1c2ccccc2N(C)c2cccnc21. The fourth-order valence-corrected chi connectivity index (χ4v) is 4.58. The number of aromatic nitrogens is 1. The Labute approximate surface area is 201 Å². The molecular weight excluding hydrogens is 418 g/mol. The topological polar surface area (TPSA) is 25.9 Å². The lowest BCUT2D eigenvalue weighted by atomic mass is 10.1. The summed E-state index contributed by atoms with van der Waals surface area (Å²) in [5, 5.41) is 0. The smallest absolute Gasteiger partial charge is 0.161 e. The van der Waals surface area contributed by atoms with Crippen LogP contribution in [0.3, 0.4) is 0 Å². The maximum absolute atomic E-state index is 4.43. The minimum atomic E-state index is 0.920. The first-order valence-corrected chi connectivity index (χ1v) is 11.2. The average Bonchev–Trinajstić information content (AvgIpc) is 2.90. The van der Waals surface area contributed by atoms with Crippen LogP contribution in [0.2, 0.25) is 0 Å². The van der Waals surface area contributed by atoms with E-state index < -0.39 is 0 Å². The lowest BCUT2D eigenvalue weighted by molar-refractivity contribution is 1.08. The Bertz CT molecular complexity index is 1160. The van der Waals surface area contributed by atoms with Crippen molar-refractivity contribution in [2.24, 2.45) is 0 Å². The molecule has 34 heavy (non-hydrogen) atoms. The molecule has 0 saturated heterocycles. The van der Waals surface area contributed by atoms with Crippen molar-refractivity contribution in [3.05, 3.63) is 117 Å². The zero-order valence-corrected chi connectivity index (χ0v) is 19.5. The summed E-state index contributed by atoms with van der Waals surface area (Å²) < 4.78 is 0. The molecule has 0 unspecified atom stereocenters. The van der Waals surface area contributed by atoms with Crippen LogP contribution in [0.5, 0.6) is 0 Å². The van der Waals surface area contributed by atoms with Gasteiger partial charge in [0.1, 0.15) is 0 Å². The van der Waals surface area contributed by atoms with Crippen molar-refractivity contribution < 1.29 is 0 Å². The molecule has 0 atom stereocenters. The van der Waals surface area contributed by atoms with E-state index in [2.05, 4.69) is 114 Å². The van der Waals surface area contributed by atoms with Gasteiger partial charge in [-0.3, -0.25) is 4.90 Å². The summed E-state index contributed by atoms with van der Waals surface area (Å²) in [6, 6.07) is 29.0. The van der Waals surface area contributed by atoms with E-state index >= 15 is 0 Å². The first-order valence-electron chi connectivity index (χ1n) is 11.2. The van der Waals surface area contributed by atoms with E-state index in [1.54, 1.807) is 12.4 Å². The van der Waals surface area contributed by atoms with E-state index in [0.717, 1.165) is 22.9 Å². The van der Waals surface area contributed by atoms with Crippen LogP contribution in [0.25, 0.3) is 0 Å². The molecule has 168 valence electrons. The fraction of sp³-hybridized carbons (Fsp3) is 0.0690. The van der Waals surface area contributed by atoms with Crippen molar-refractivity contribution in [2.45, 2.75) is 0 Å². The first kappa shape index (κ1) is 21.3. The van der Waals surface area contributed by atoms with Gasteiger partial charge < -0.3 is 14.7 Å². The van der Waals surface area contributed by atoms with Gasteiger partial charge in [-0.15, -0.1) is 0 Å². The van der Waals surface area contributed by atoms with E-state index in [9.17, 15) is 0 Å². The van der Waals surface area contributed by atoms with Crippen LogP contribution in [-0.4, -0.2) is 19.1 Å². The van der Waals surface area contributed by atoms with Gasteiger partial charge in [0.25, 0.3) is 0 Å². The summed E-state index contributed by atoms with van der Waals surface area (Å²) in [5.41, 5.74) is 8.10. The Morgan fingerprint density at radius 2 is 0.912 bits per heavy atom. The molecule has 0 radical (unpaired) electrons. The number of nitrogens with zero attached hydrogens (tertiary/aromatic N) is 5. The average molecular weight is 446 g/mol. The van der Waals surface area contributed by atoms with Gasteiger partial charge in [0.05, 0.1) is 39.8 Å². The molecule has 3 heterocycles. The zero-order chi connectivity index (χ0) is 23.7. The van der Waals surface area contributed by atoms with Crippen molar-refractivity contribution in [3.8, 4) is 0 Å². The predicted molar refractivity (Wildman–Crippen MR) is 144 cm³/mol. The monoisotopic (exact) mass is 445 g/mol. The molecule has 0 amide bonds. The first-order chi connectivity index (χ1) is 16.7. The number of fused-ring (bicyclic) bond motifs is 4. The Kier molecular flexibility index (Phi) is 5.52. The molecule has 2 aliphatic rings. The second-order valence-corrected chi connectivity index (χ2v) is 8.04. The lowest BCUT2D eigenvalue weighted by Gasteiger charge is -2.36. The molecule has 5 nitrogen and oxygen atoms in total. The third kappa shape index (κ3) is 3.39. The highest BCUT2D eigenvalue weighted by atomic mass is 15.3. The van der Waals surface area contributed by atoms with Gasteiger partial charge in [-0.05, 0) is 48.5 Å². The van der Waals surface area contributed by atoms with Crippen molar-refractivity contribution in [1.29, 1.82) is 0 Å². The molecule has 0 spiro atoms. The van der Waals surface area contributed by atoms with Crippen LogP contribution >= 0.6 is 0 Å². The summed E-state index contributed by atoms with van der Waals surface area (Å²) in [7, 11) is 4.15. The van der Waals surface area contributed by atoms with Crippen molar-refractivity contribution >= 4 is 45.6 Å². The Hall–Kier alpha value is -4.51. The molecule has 0 bridgehead atoms. The van der Waals surface area contributed by atoms with Crippen LogP contribution < -0.4 is 19.6 Å². The summed E-state index contributed by atoms with van der Waals surface area (Å²) in [5.74, 6) is 0.920. The molecule has 3 aromatic carbocycles. The Morgan fingerprint density at radius 1 is 0.529 bits per heavy atom. The number of anilines is 8. The second kappa shape index (κ2) is 8.79.